The molecule has 3 amide bonds. The van der Waals surface area contributed by atoms with Gasteiger partial charge < -0.3 is 24.0 Å². The molecule has 1 aromatic carbocycles. The molecular weight excluding hydrogens is 448 g/mol. The number of aromatic nitrogens is 1. The van der Waals surface area contributed by atoms with Gasteiger partial charge in [0.2, 0.25) is 12.7 Å². The Morgan fingerprint density at radius 2 is 1.91 bits per heavy atom. The van der Waals surface area contributed by atoms with E-state index in [0.717, 1.165) is 17.0 Å². The molecule has 3 heterocycles. The summed E-state index contributed by atoms with van der Waals surface area (Å²) in [5, 5.41) is 3.32. The predicted octanol–water partition coefficient (Wildman–Crippen LogP) is 2.45. The van der Waals surface area contributed by atoms with Crippen LogP contribution in [-0.2, 0) is 16.0 Å². The summed E-state index contributed by atoms with van der Waals surface area (Å²) in [6.07, 6.45) is 1.13. The Balaban J connectivity index is 1.22. The van der Waals surface area contributed by atoms with Crippen molar-refractivity contribution in [1.29, 1.82) is 0 Å². The molecule has 0 bridgehead atoms. The Morgan fingerprint density at radius 3 is 2.70 bits per heavy atom. The molecule has 1 atom stereocenters. The third kappa shape index (κ3) is 4.20. The van der Waals surface area contributed by atoms with E-state index in [2.05, 4.69) is 10.3 Å². The molecular formula is C22H24N4O6S. The molecule has 174 valence electrons. The van der Waals surface area contributed by atoms with E-state index in [9.17, 15) is 14.4 Å². The first-order valence-corrected chi connectivity index (χ1v) is 11.8. The topological polar surface area (TPSA) is 110 Å². The monoisotopic (exact) mass is 472 g/mol. The standard InChI is InChI=1S/C22H24N4O6S/c1-2-30-22(29)26-9-7-25(8-10-26)20(28)14-4-6-17-18(14)23-21(33-17)24-19(27)13-3-5-15-16(11-13)32-12-31-15/h3,5,11,14H,2,4,6-10,12H2,1H3,(H,23,24,27)/t14-/m0/s1. The fourth-order valence-electron chi connectivity index (χ4n) is 4.27. The number of anilines is 1. The van der Waals surface area contributed by atoms with Crippen LogP contribution in [0.1, 0.15) is 40.2 Å². The largest absolute Gasteiger partial charge is 0.454 e. The van der Waals surface area contributed by atoms with Crippen molar-refractivity contribution in [3.05, 3.63) is 34.3 Å². The highest BCUT2D eigenvalue weighted by Crippen LogP contribution is 2.40. The number of aryl methyl sites for hydroxylation is 1. The molecule has 0 spiro atoms. The second-order valence-corrected chi connectivity index (χ2v) is 9.04. The van der Waals surface area contributed by atoms with Crippen molar-refractivity contribution in [2.45, 2.75) is 25.7 Å². The number of piperazine rings is 1. The van der Waals surface area contributed by atoms with E-state index in [4.69, 9.17) is 14.2 Å². The van der Waals surface area contributed by atoms with Crippen LogP contribution in [0.2, 0.25) is 0 Å². The Bertz CT molecular complexity index is 1090. The van der Waals surface area contributed by atoms with E-state index in [-0.39, 0.29) is 30.6 Å². The summed E-state index contributed by atoms with van der Waals surface area (Å²) in [5.74, 6) is 0.568. The van der Waals surface area contributed by atoms with Crippen molar-refractivity contribution >= 4 is 34.4 Å². The number of fused-ring (bicyclic) bond motifs is 2. The summed E-state index contributed by atoms with van der Waals surface area (Å²) < 4.78 is 15.7. The zero-order valence-electron chi connectivity index (χ0n) is 18.2. The normalized spacial score (nSPS) is 18.8. The second-order valence-electron chi connectivity index (χ2n) is 7.95. The highest BCUT2D eigenvalue weighted by atomic mass is 32.1. The SMILES string of the molecule is CCOC(=O)N1CCN(C(=O)[C@H]2CCc3sc(NC(=O)c4ccc5c(c4)OCO5)nc32)CC1. The molecule has 0 radical (unpaired) electrons. The summed E-state index contributed by atoms with van der Waals surface area (Å²) in [5.41, 5.74) is 1.19. The van der Waals surface area contributed by atoms with Crippen LogP contribution in [0, 0.1) is 0 Å². The maximum Gasteiger partial charge on any atom is 0.409 e. The lowest BCUT2D eigenvalue weighted by Gasteiger charge is -2.35. The van der Waals surface area contributed by atoms with Crippen molar-refractivity contribution in [3.63, 3.8) is 0 Å². The van der Waals surface area contributed by atoms with Crippen LogP contribution in [0.15, 0.2) is 18.2 Å². The summed E-state index contributed by atoms with van der Waals surface area (Å²) in [6, 6.07) is 5.02. The number of amides is 3. The number of thiazole rings is 1. The zero-order valence-corrected chi connectivity index (χ0v) is 19.0. The molecule has 33 heavy (non-hydrogen) atoms. The van der Waals surface area contributed by atoms with E-state index in [1.807, 2.05) is 0 Å². The summed E-state index contributed by atoms with van der Waals surface area (Å²) in [6.45, 7) is 4.11. The molecule has 3 aliphatic rings. The molecule has 0 unspecified atom stereocenters. The number of benzene rings is 1. The van der Waals surface area contributed by atoms with E-state index >= 15 is 0 Å². The summed E-state index contributed by atoms with van der Waals surface area (Å²) in [7, 11) is 0. The van der Waals surface area contributed by atoms with Gasteiger partial charge in [0.05, 0.1) is 18.2 Å². The third-order valence-corrected chi connectivity index (χ3v) is 7.03. The van der Waals surface area contributed by atoms with Gasteiger partial charge in [-0.1, -0.05) is 0 Å². The van der Waals surface area contributed by atoms with Gasteiger partial charge in [0.1, 0.15) is 0 Å². The van der Waals surface area contributed by atoms with Crippen molar-refractivity contribution in [1.82, 2.24) is 14.8 Å². The van der Waals surface area contributed by atoms with Gasteiger partial charge in [0, 0.05) is 36.6 Å². The zero-order chi connectivity index (χ0) is 22.9. The molecule has 1 N–H and O–H groups in total. The highest BCUT2D eigenvalue weighted by molar-refractivity contribution is 7.16. The number of nitrogens with zero attached hydrogens (tertiary/aromatic N) is 3. The summed E-state index contributed by atoms with van der Waals surface area (Å²) in [4.78, 5) is 46.8. The lowest BCUT2D eigenvalue weighted by Crippen LogP contribution is -2.51. The van der Waals surface area contributed by atoms with Crippen LogP contribution < -0.4 is 14.8 Å². The third-order valence-electron chi connectivity index (χ3n) is 5.99. The van der Waals surface area contributed by atoms with Crippen LogP contribution in [0.5, 0.6) is 11.5 Å². The second kappa shape index (κ2) is 8.89. The molecule has 11 heteroatoms. The molecule has 1 aromatic heterocycles. The fraction of sp³-hybridized carbons (Fsp3) is 0.455. The quantitative estimate of drug-likeness (QED) is 0.728. The van der Waals surface area contributed by atoms with E-state index in [1.165, 1.54) is 11.3 Å². The van der Waals surface area contributed by atoms with Gasteiger partial charge in [0.15, 0.2) is 16.6 Å². The number of nitrogens with one attached hydrogen (secondary N) is 1. The van der Waals surface area contributed by atoms with Crippen LogP contribution >= 0.6 is 11.3 Å². The van der Waals surface area contributed by atoms with Crippen LogP contribution in [0.25, 0.3) is 0 Å². The number of carbonyl (C=O) groups excluding carboxylic acids is 3. The Labute approximate surface area is 194 Å². The molecule has 2 aliphatic heterocycles. The molecule has 2 aromatic rings. The minimum Gasteiger partial charge on any atom is -0.454 e. The lowest BCUT2D eigenvalue weighted by atomic mass is 10.1. The highest BCUT2D eigenvalue weighted by Gasteiger charge is 2.37. The number of ether oxygens (including phenoxy) is 3. The lowest BCUT2D eigenvalue weighted by molar-refractivity contribution is -0.134. The minimum atomic E-state index is -0.338. The van der Waals surface area contributed by atoms with Crippen molar-refractivity contribution in [3.8, 4) is 11.5 Å². The maximum atomic E-state index is 13.2. The van der Waals surface area contributed by atoms with Crippen molar-refractivity contribution in [2.24, 2.45) is 0 Å². The first-order chi connectivity index (χ1) is 16.0. The average molecular weight is 473 g/mol. The van der Waals surface area contributed by atoms with Gasteiger partial charge in [-0.3, -0.25) is 14.9 Å². The average Bonchev–Trinajstić information content (AvgIpc) is 3.54. The minimum absolute atomic E-state index is 0.0243. The van der Waals surface area contributed by atoms with Gasteiger partial charge in [0.25, 0.3) is 5.91 Å². The first-order valence-electron chi connectivity index (χ1n) is 10.9. The molecule has 1 aliphatic carbocycles. The van der Waals surface area contributed by atoms with E-state index in [1.54, 1.807) is 34.9 Å². The van der Waals surface area contributed by atoms with Gasteiger partial charge in [-0.05, 0) is 38.0 Å². The Morgan fingerprint density at radius 1 is 1.15 bits per heavy atom. The Hall–Kier alpha value is -3.34. The maximum absolute atomic E-state index is 13.2. The van der Waals surface area contributed by atoms with Crippen molar-refractivity contribution in [2.75, 3.05) is 44.9 Å². The van der Waals surface area contributed by atoms with Crippen LogP contribution in [-0.4, -0.2) is 72.3 Å². The number of rotatable bonds is 4. The van der Waals surface area contributed by atoms with E-state index < -0.39 is 0 Å². The smallest absolute Gasteiger partial charge is 0.409 e. The van der Waals surface area contributed by atoms with Gasteiger partial charge in [-0.2, -0.15) is 0 Å². The number of hydrogen-bond acceptors (Lipinski definition) is 8. The fourth-order valence-corrected chi connectivity index (χ4v) is 5.31. The molecule has 10 nitrogen and oxygen atoms in total. The number of hydrogen-bond donors (Lipinski definition) is 1. The van der Waals surface area contributed by atoms with Gasteiger partial charge in [-0.25, -0.2) is 9.78 Å². The van der Waals surface area contributed by atoms with Crippen LogP contribution in [0.4, 0.5) is 9.93 Å². The summed E-state index contributed by atoms with van der Waals surface area (Å²) >= 11 is 1.41. The first kappa shape index (κ1) is 21.5. The molecule has 1 fully saturated rings. The Kier molecular flexibility index (Phi) is 5.79. The van der Waals surface area contributed by atoms with Gasteiger partial charge >= 0.3 is 6.09 Å². The molecule has 5 rings (SSSR count). The van der Waals surface area contributed by atoms with Crippen LogP contribution in [0.3, 0.4) is 0 Å². The van der Waals surface area contributed by atoms with E-state index in [0.29, 0.717) is 61.4 Å². The number of carbonyl (C=O) groups is 3. The predicted molar refractivity (Wildman–Crippen MR) is 119 cm³/mol. The van der Waals surface area contributed by atoms with Crippen molar-refractivity contribution < 1.29 is 28.6 Å². The molecule has 0 saturated carbocycles. The van der Waals surface area contributed by atoms with Gasteiger partial charge in [-0.15, -0.1) is 11.3 Å². The molecule has 1 saturated heterocycles.